The van der Waals surface area contributed by atoms with Gasteiger partial charge in [-0.25, -0.2) is 14.0 Å². The number of amides is 1. The second kappa shape index (κ2) is 5.31. The standard InChI is InChI=1S/C11H9ClFNO5/c12-9-7(10(15)16)1-5(13)2-8(9)18-4-6-3-14-11(17)19-6/h1-2,6H,3-4H2,(H,14,17)(H,15,16). The fourth-order valence-electron chi connectivity index (χ4n) is 1.53. The molecule has 2 N–H and O–H groups in total. The van der Waals surface area contributed by atoms with Crippen molar-refractivity contribution < 1.29 is 28.6 Å². The van der Waals surface area contributed by atoms with Gasteiger partial charge >= 0.3 is 12.1 Å². The van der Waals surface area contributed by atoms with Gasteiger partial charge in [0.15, 0.2) is 6.10 Å². The molecule has 102 valence electrons. The molecule has 1 atom stereocenters. The molecule has 0 aromatic heterocycles. The lowest BCUT2D eigenvalue weighted by molar-refractivity contribution is 0.0695. The molecule has 2 rings (SSSR count). The van der Waals surface area contributed by atoms with Crippen molar-refractivity contribution in [3.63, 3.8) is 0 Å². The zero-order valence-corrected chi connectivity index (χ0v) is 10.2. The number of carbonyl (C=O) groups excluding carboxylic acids is 1. The van der Waals surface area contributed by atoms with Crippen molar-refractivity contribution in [2.24, 2.45) is 0 Å². The third kappa shape index (κ3) is 3.05. The lowest BCUT2D eigenvalue weighted by Gasteiger charge is -2.12. The predicted octanol–water partition coefficient (Wildman–Crippen LogP) is 1.66. The molecule has 1 heterocycles. The van der Waals surface area contributed by atoms with Gasteiger partial charge in [0, 0.05) is 6.07 Å². The maximum absolute atomic E-state index is 13.2. The zero-order valence-electron chi connectivity index (χ0n) is 9.48. The molecule has 1 fully saturated rings. The van der Waals surface area contributed by atoms with E-state index in [0.717, 1.165) is 12.1 Å². The quantitative estimate of drug-likeness (QED) is 0.880. The van der Waals surface area contributed by atoms with Crippen LogP contribution in [0.15, 0.2) is 12.1 Å². The van der Waals surface area contributed by atoms with Crippen LogP contribution in [0.25, 0.3) is 0 Å². The molecule has 1 aliphatic heterocycles. The first-order chi connectivity index (χ1) is 8.97. The molecular weight excluding hydrogens is 281 g/mol. The molecule has 1 aliphatic rings. The van der Waals surface area contributed by atoms with E-state index in [9.17, 15) is 14.0 Å². The summed E-state index contributed by atoms with van der Waals surface area (Å²) in [7, 11) is 0. The van der Waals surface area contributed by atoms with Crippen LogP contribution in [0.3, 0.4) is 0 Å². The fourth-order valence-corrected chi connectivity index (χ4v) is 1.78. The molecule has 1 amide bonds. The van der Waals surface area contributed by atoms with Crippen molar-refractivity contribution in [2.75, 3.05) is 13.2 Å². The van der Waals surface area contributed by atoms with Gasteiger partial charge in [0.2, 0.25) is 0 Å². The van der Waals surface area contributed by atoms with Crippen LogP contribution in [0.5, 0.6) is 5.75 Å². The maximum atomic E-state index is 13.2. The molecule has 0 aliphatic carbocycles. The summed E-state index contributed by atoms with van der Waals surface area (Å²) in [5.74, 6) is -2.25. The van der Waals surface area contributed by atoms with Crippen molar-refractivity contribution in [1.29, 1.82) is 0 Å². The van der Waals surface area contributed by atoms with Crippen molar-refractivity contribution in [1.82, 2.24) is 5.32 Å². The largest absolute Gasteiger partial charge is 0.488 e. The molecule has 1 aromatic rings. The lowest BCUT2D eigenvalue weighted by atomic mass is 10.2. The first-order valence-corrected chi connectivity index (χ1v) is 5.65. The maximum Gasteiger partial charge on any atom is 0.407 e. The third-order valence-electron chi connectivity index (χ3n) is 2.41. The molecule has 1 aromatic carbocycles. The van der Waals surface area contributed by atoms with Crippen molar-refractivity contribution >= 4 is 23.7 Å². The Morgan fingerprint density at radius 2 is 2.37 bits per heavy atom. The van der Waals surface area contributed by atoms with Crippen LogP contribution in [-0.4, -0.2) is 36.4 Å². The summed E-state index contributed by atoms with van der Waals surface area (Å²) in [5.41, 5.74) is -0.391. The van der Waals surface area contributed by atoms with Crippen LogP contribution < -0.4 is 10.1 Å². The Bertz CT molecular complexity index is 536. The number of alkyl carbamates (subject to hydrolysis) is 1. The van der Waals surface area contributed by atoms with Crippen molar-refractivity contribution in [3.05, 3.63) is 28.5 Å². The van der Waals surface area contributed by atoms with E-state index >= 15 is 0 Å². The van der Waals surface area contributed by atoms with Gasteiger partial charge in [-0.3, -0.25) is 0 Å². The monoisotopic (exact) mass is 289 g/mol. The number of halogens is 2. The van der Waals surface area contributed by atoms with Gasteiger partial charge in [-0.2, -0.15) is 0 Å². The number of rotatable bonds is 4. The van der Waals surface area contributed by atoms with E-state index in [4.69, 9.17) is 26.2 Å². The highest BCUT2D eigenvalue weighted by Gasteiger charge is 2.24. The molecule has 1 unspecified atom stereocenters. The van der Waals surface area contributed by atoms with E-state index in [-0.39, 0.29) is 23.9 Å². The smallest absolute Gasteiger partial charge is 0.407 e. The molecule has 6 nitrogen and oxygen atoms in total. The van der Waals surface area contributed by atoms with E-state index in [1.165, 1.54) is 0 Å². The van der Waals surface area contributed by atoms with Crippen LogP contribution in [-0.2, 0) is 4.74 Å². The van der Waals surface area contributed by atoms with E-state index in [0.29, 0.717) is 0 Å². The Morgan fingerprint density at radius 3 is 2.95 bits per heavy atom. The van der Waals surface area contributed by atoms with Crippen LogP contribution in [0.2, 0.25) is 5.02 Å². The van der Waals surface area contributed by atoms with E-state index in [2.05, 4.69) is 5.32 Å². The number of hydrogen-bond donors (Lipinski definition) is 2. The van der Waals surface area contributed by atoms with Gasteiger partial charge in [-0.05, 0) is 6.07 Å². The fraction of sp³-hybridized carbons (Fsp3) is 0.273. The predicted molar refractivity (Wildman–Crippen MR) is 62.1 cm³/mol. The number of benzene rings is 1. The van der Waals surface area contributed by atoms with Gasteiger partial charge < -0.3 is 19.9 Å². The minimum absolute atomic E-state index is 0.0546. The summed E-state index contributed by atoms with van der Waals surface area (Å²) in [6.45, 7) is 0.207. The summed E-state index contributed by atoms with van der Waals surface area (Å²) in [4.78, 5) is 21.6. The van der Waals surface area contributed by atoms with E-state index < -0.39 is 29.5 Å². The first kappa shape index (κ1) is 13.4. The third-order valence-corrected chi connectivity index (χ3v) is 2.80. The first-order valence-electron chi connectivity index (χ1n) is 5.27. The van der Waals surface area contributed by atoms with Gasteiger partial charge in [0.25, 0.3) is 0 Å². The normalized spacial score (nSPS) is 17.8. The summed E-state index contributed by atoms with van der Waals surface area (Å²) in [5, 5.41) is 11.1. The second-order valence-corrected chi connectivity index (χ2v) is 4.17. The topological polar surface area (TPSA) is 84.9 Å². The minimum atomic E-state index is -1.36. The SMILES string of the molecule is O=C1NCC(COc2cc(F)cc(C(=O)O)c2Cl)O1. The average Bonchev–Trinajstić information content (AvgIpc) is 2.75. The highest BCUT2D eigenvalue weighted by molar-refractivity contribution is 6.34. The molecule has 8 heteroatoms. The highest BCUT2D eigenvalue weighted by atomic mass is 35.5. The Hall–Kier alpha value is -2.02. The van der Waals surface area contributed by atoms with Gasteiger partial charge in [-0.1, -0.05) is 11.6 Å². The van der Waals surface area contributed by atoms with Gasteiger partial charge in [0.05, 0.1) is 17.1 Å². The summed E-state index contributed by atoms with van der Waals surface area (Å²) < 4.78 is 23.2. The second-order valence-electron chi connectivity index (χ2n) is 3.79. The summed E-state index contributed by atoms with van der Waals surface area (Å²) in [6, 6.07) is 1.77. The van der Waals surface area contributed by atoms with Crippen LogP contribution in [0, 0.1) is 5.82 Å². The molecule has 0 radical (unpaired) electrons. The number of cyclic esters (lactones) is 1. The number of hydrogen-bond acceptors (Lipinski definition) is 4. The number of ether oxygens (including phenoxy) is 2. The molecule has 0 saturated carbocycles. The Labute approximate surface area is 112 Å². The Morgan fingerprint density at radius 1 is 1.63 bits per heavy atom. The number of carboxylic acid groups (broad SMARTS) is 1. The number of aromatic carboxylic acids is 1. The van der Waals surface area contributed by atoms with Gasteiger partial charge in [-0.15, -0.1) is 0 Å². The number of carbonyl (C=O) groups is 2. The number of carboxylic acids is 1. The Kier molecular flexibility index (Phi) is 3.75. The zero-order chi connectivity index (χ0) is 14.0. The molecule has 19 heavy (non-hydrogen) atoms. The van der Waals surface area contributed by atoms with Crippen molar-refractivity contribution in [3.8, 4) is 5.75 Å². The number of nitrogens with one attached hydrogen (secondary N) is 1. The van der Waals surface area contributed by atoms with E-state index in [1.807, 2.05) is 0 Å². The Balaban J connectivity index is 2.11. The highest BCUT2D eigenvalue weighted by Crippen LogP contribution is 2.30. The van der Waals surface area contributed by atoms with Gasteiger partial charge in [0.1, 0.15) is 18.2 Å². The van der Waals surface area contributed by atoms with Crippen molar-refractivity contribution in [2.45, 2.75) is 6.10 Å². The van der Waals surface area contributed by atoms with Crippen LogP contribution in [0.4, 0.5) is 9.18 Å². The summed E-state index contributed by atoms with van der Waals surface area (Å²) in [6.07, 6.45) is -1.09. The summed E-state index contributed by atoms with van der Waals surface area (Å²) >= 11 is 5.79. The average molecular weight is 290 g/mol. The van der Waals surface area contributed by atoms with E-state index in [1.54, 1.807) is 0 Å². The minimum Gasteiger partial charge on any atom is -0.488 e. The molecule has 0 bridgehead atoms. The molecule has 0 spiro atoms. The molecular formula is C11H9ClFNO5. The molecule has 1 saturated heterocycles. The lowest BCUT2D eigenvalue weighted by Crippen LogP contribution is -2.22. The van der Waals surface area contributed by atoms with Crippen LogP contribution in [0.1, 0.15) is 10.4 Å². The van der Waals surface area contributed by atoms with Crippen LogP contribution >= 0.6 is 11.6 Å².